The number of benzene rings is 1. The Morgan fingerprint density at radius 3 is 2.56 bits per heavy atom. The van der Waals surface area contributed by atoms with Gasteiger partial charge in [0.05, 0.1) is 0 Å². The molecule has 2 fully saturated rings. The maximum atomic E-state index is 11.1. The number of aryl methyl sites for hydroxylation is 1. The molecule has 0 unspecified atom stereocenters. The summed E-state index contributed by atoms with van der Waals surface area (Å²) in [6.07, 6.45) is 4.58. The third-order valence-corrected chi connectivity index (χ3v) is 6.30. The highest BCUT2D eigenvalue weighted by molar-refractivity contribution is 5.66. The molecule has 1 aromatic carbocycles. The molecule has 0 radical (unpaired) electrons. The third kappa shape index (κ3) is 6.30. The number of carboxylic acid groups (broad SMARTS) is 1. The number of carbonyl (C=O) groups is 1. The fourth-order valence-electron chi connectivity index (χ4n) is 4.68. The van der Waals surface area contributed by atoms with E-state index >= 15 is 0 Å². The van der Waals surface area contributed by atoms with Crippen LogP contribution in [0, 0.1) is 5.92 Å². The summed E-state index contributed by atoms with van der Waals surface area (Å²) >= 11 is 0. The van der Waals surface area contributed by atoms with Gasteiger partial charge in [-0.15, -0.1) is 0 Å². The SMILES string of the molecule is CN1CCN([C@@H]2CCN(CCCc3ccccc3)C[C@@H]2CCC(=O)O)CC1. The van der Waals surface area contributed by atoms with E-state index in [1.54, 1.807) is 0 Å². The number of carboxylic acids is 1. The molecule has 5 heteroatoms. The first kappa shape index (κ1) is 20.3. The van der Waals surface area contributed by atoms with E-state index in [4.69, 9.17) is 0 Å². The van der Waals surface area contributed by atoms with Gasteiger partial charge in [-0.3, -0.25) is 9.69 Å². The molecule has 2 aliphatic rings. The van der Waals surface area contributed by atoms with Crippen LogP contribution in [0.4, 0.5) is 0 Å². The van der Waals surface area contributed by atoms with Crippen LogP contribution in [0.2, 0.25) is 0 Å². The Labute approximate surface area is 163 Å². The molecule has 0 bridgehead atoms. The molecule has 2 saturated heterocycles. The van der Waals surface area contributed by atoms with Gasteiger partial charge in [-0.25, -0.2) is 0 Å². The molecule has 0 saturated carbocycles. The average Bonchev–Trinajstić information content (AvgIpc) is 2.68. The number of likely N-dealkylation sites (tertiary alicyclic amines) is 1. The van der Waals surface area contributed by atoms with Crippen LogP contribution in [0.3, 0.4) is 0 Å². The lowest BCUT2D eigenvalue weighted by Gasteiger charge is -2.46. The Kier molecular flexibility index (Phi) is 7.68. The first-order valence-corrected chi connectivity index (χ1v) is 10.5. The zero-order valence-corrected chi connectivity index (χ0v) is 16.7. The summed E-state index contributed by atoms with van der Waals surface area (Å²) in [6, 6.07) is 11.3. The molecular weight excluding hydrogens is 338 g/mol. The van der Waals surface area contributed by atoms with Crippen molar-refractivity contribution in [2.75, 3.05) is 52.9 Å². The second kappa shape index (κ2) is 10.2. The first-order valence-electron chi connectivity index (χ1n) is 10.5. The molecular formula is C22H35N3O2. The van der Waals surface area contributed by atoms with Crippen LogP contribution in [-0.2, 0) is 11.2 Å². The fraction of sp³-hybridized carbons (Fsp3) is 0.682. The second-order valence-corrected chi connectivity index (χ2v) is 8.28. The highest BCUT2D eigenvalue weighted by Crippen LogP contribution is 2.27. The van der Waals surface area contributed by atoms with Crippen molar-refractivity contribution in [1.29, 1.82) is 0 Å². The number of piperazine rings is 1. The molecule has 0 amide bonds. The minimum atomic E-state index is -0.659. The van der Waals surface area contributed by atoms with Crippen molar-refractivity contribution in [2.24, 2.45) is 5.92 Å². The molecule has 2 heterocycles. The third-order valence-electron chi connectivity index (χ3n) is 6.30. The number of aliphatic carboxylic acids is 1. The summed E-state index contributed by atoms with van der Waals surface area (Å²) in [7, 11) is 2.19. The average molecular weight is 374 g/mol. The summed E-state index contributed by atoms with van der Waals surface area (Å²) in [5, 5.41) is 9.17. The smallest absolute Gasteiger partial charge is 0.303 e. The van der Waals surface area contributed by atoms with Crippen molar-refractivity contribution >= 4 is 5.97 Å². The highest BCUT2D eigenvalue weighted by Gasteiger charge is 2.34. The topological polar surface area (TPSA) is 47.0 Å². The number of hydrogen-bond acceptors (Lipinski definition) is 4. The summed E-state index contributed by atoms with van der Waals surface area (Å²) in [4.78, 5) is 18.7. The maximum Gasteiger partial charge on any atom is 0.303 e. The van der Waals surface area contributed by atoms with E-state index in [0.717, 1.165) is 58.7 Å². The van der Waals surface area contributed by atoms with Crippen molar-refractivity contribution in [2.45, 2.75) is 38.1 Å². The summed E-state index contributed by atoms with van der Waals surface area (Å²) in [5.74, 6) is -0.177. The van der Waals surface area contributed by atoms with Crippen LogP contribution in [0.25, 0.3) is 0 Å². The van der Waals surface area contributed by atoms with E-state index in [1.165, 1.54) is 18.4 Å². The molecule has 1 aromatic rings. The van der Waals surface area contributed by atoms with Gasteiger partial charge < -0.3 is 14.9 Å². The van der Waals surface area contributed by atoms with Crippen molar-refractivity contribution in [3.8, 4) is 0 Å². The number of piperidine rings is 1. The second-order valence-electron chi connectivity index (χ2n) is 8.28. The molecule has 5 nitrogen and oxygen atoms in total. The van der Waals surface area contributed by atoms with Gasteiger partial charge >= 0.3 is 5.97 Å². The summed E-state index contributed by atoms with van der Waals surface area (Å²) < 4.78 is 0. The first-order chi connectivity index (χ1) is 13.1. The molecule has 0 spiro atoms. The van der Waals surface area contributed by atoms with Crippen LogP contribution in [0.5, 0.6) is 0 Å². The van der Waals surface area contributed by atoms with Gasteiger partial charge in [0.15, 0.2) is 0 Å². The van der Waals surface area contributed by atoms with Crippen molar-refractivity contribution in [3.63, 3.8) is 0 Å². The highest BCUT2D eigenvalue weighted by atomic mass is 16.4. The molecule has 3 rings (SSSR count). The van der Waals surface area contributed by atoms with Crippen LogP contribution in [0.15, 0.2) is 30.3 Å². The Morgan fingerprint density at radius 1 is 1.11 bits per heavy atom. The Morgan fingerprint density at radius 2 is 1.85 bits per heavy atom. The zero-order valence-electron chi connectivity index (χ0n) is 16.7. The van der Waals surface area contributed by atoms with Crippen molar-refractivity contribution in [1.82, 2.24) is 14.7 Å². The lowest BCUT2D eigenvalue weighted by atomic mass is 9.86. The molecule has 2 aliphatic heterocycles. The van der Waals surface area contributed by atoms with Gasteiger partial charge in [0.2, 0.25) is 0 Å². The number of rotatable bonds is 8. The lowest BCUT2D eigenvalue weighted by Crippen LogP contribution is -2.56. The van der Waals surface area contributed by atoms with Gasteiger partial charge in [0.1, 0.15) is 0 Å². The fourth-order valence-corrected chi connectivity index (χ4v) is 4.68. The van der Waals surface area contributed by atoms with E-state index in [1.807, 2.05) is 0 Å². The van der Waals surface area contributed by atoms with Crippen LogP contribution >= 0.6 is 0 Å². The largest absolute Gasteiger partial charge is 0.481 e. The normalized spacial score (nSPS) is 25.5. The van der Waals surface area contributed by atoms with Crippen LogP contribution < -0.4 is 0 Å². The van der Waals surface area contributed by atoms with Gasteiger partial charge in [-0.1, -0.05) is 30.3 Å². The monoisotopic (exact) mass is 373 g/mol. The zero-order chi connectivity index (χ0) is 19.1. The number of nitrogens with zero attached hydrogens (tertiary/aromatic N) is 3. The summed E-state index contributed by atoms with van der Waals surface area (Å²) in [6.45, 7) is 7.83. The predicted molar refractivity (Wildman–Crippen MR) is 109 cm³/mol. The maximum absolute atomic E-state index is 11.1. The Hall–Kier alpha value is -1.43. The van der Waals surface area contributed by atoms with E-state index in [9.17, 15) is 9.90 Å². The minimum Gasteiger partial charge on any atom is -0.481 e. The molecule has 2 atom stereocenters. The van der Waals surface area contributed by atoms with Crippen molar-refractivity contribution < 1.29 is 9.90 Å². The lowest BCUT2D eigenvalue weighted by molar-refractivity contribution is -0.137. The quantitative estimate of drug-likeness (QED) is 0.758. The van der Waals surface area contributed by atoms with Gasteiger partial charge in [0, 0.05) is 45.2 Å². The standard InChI is InChI=1S/C22H35N3O2/c1-23-14-16-25(17-15-23)21-11-13-24(18-20(21)9-10-22(26)27)12-5-8-19-6-3-2-4-7-19/h2-4,6-7,20-21H,5,8-18H2,1H3,(H,26,27)/t20-,21+/m0/s1. The molecule has 150 valence electrons. The van der Waals surface area contributed by atoms with Gasteiger partial charge in [-0.2, -0.15) is 0 Å². The van der Waals surface area contributed by atoms with E-state index < -0.39 is 5.97 Å². The molecule has 0 aromatic heterocycles. The minimum absolute atomic E-state index is 0.298. The molecule has 27 heavy (non-hydrogen) atoms. The Bertz CT molecular complexity index is 572. The van der Waals surface area contributed by atoms with Gasteiger partial charge in [-0.05, 0) is 57.3 Å². The molecule has 0 aliphatic carbocycles. The van der Waals surface area contributed by atoms with E-state index in [2.05, 4.69) is 52.1 Å². The summed E-state index contributed by atoms with van der Waals surface area (Å²) in [5.41, 5.74) is 1.41. The number of hydrogen-bond donors (Lipinski definition) is 1. The van der Waals surface area contributed by atoms with Crippen LogP contribution in [0.1, 0.15) is 31.2 Å². The number of likely N-dealkylation sites (N-methyl/N-ethyl adjacent to an activating group) is 1. The molecule has 1 N–H and O–H groups in total. The van der Waals surface area contributed by atoms with Gasteiger partial charge in [0.25, 0.3) is 0 Å². The van der Waals surface area contributed by atoms with E-state index in [0.29, 0.717) is 18.4 Å². The predicted octanol–water partition coefficient (Wildman–Crippen LogP) is 2.42. The Balaban J connectivity index is 1.51. The van der Waals surface area contributed by atoms with Crippen molar-refractivity contribution in [3.05, 3.63) is 35.9 Å². The van der Waals surface area contributed by atoms with Crippen LogP contribution in [-0.4, -0.2) is 84.7 Å². The van der Waals surface area contributed by atoms with E-state index in [-0.39, 0.29) is 0 Å².